The number of ether oxygens (including phenoxy) is 3. The van der Waals surface area contributed by atoms with Crippen molar-refractivity contribution < 1.29 is 36.6 Å². The molecule has 0 saturated carbocycles. The maximum atomic E-state index is 13.8. The van der Waals surface area contributed by atoms with E-state index in [2.05, 4.69) is 5.32 Å². The number of para-hydroxylation sites is 1. The molecule has 37 heavy (non-hydrogen) atoms. The molecule has 0 saturated heterocycles. The second-order valence-corrected chi connectivity index (χ2v) is 7.98. The fourth-order valence-electron chi connectivity index (χ4n) is 3.31. The quantitative estimate of drug-likeness (QED) is 0.272. The van der Waals surface area contributed by atoms with Crippen LogP contribution in [0.1, 0.15) is 12.7 Å². The van der Waals surface area contributed by atoms with E-state index in [0.29, 0.717) is 18.0 Å². The highest BCUT2D eigenvalue weighted by Gasteiger charge is 2.40. The lowest BCUT2D eigenvalue weighted by molar-refractivity contribution is -0.154. The van der Waals surface area contributed by atoms with Gasteiger partial charge >= 0.3 is 6.18 Å². The molecular weight excluding hydrogens is 515 g/mol. The van der Waals surface area contributed by atoms with Gasteiger partial charge in [-0.05, 0) is 55.5 Å². The Morgan fingerprint density at radius 2 is 1.70 bits per heavy atom. The fourth-order valence-corrected chi connectivity index (χ4v) is 3.48. The highest BCUT2D eigenvalue weighted by molar-refractivity contribution is 6.32. The Bertz CT molecular complexity index is 1480. The molecule has 0 radical (unpaired) electrons. The first-order chi connectivity index (χ1) is 17.7. The SMILES string of the molecule is CCOc1ccc(NC(=O)COc2ccc3c(=O)c(Oc4ccccc4Cl)c(C(F)(F)F)oc3c2)cc1. The summed E-state index contributed by atoms with van der Waals surface area (Å²) in [6.07, 6.45) is -5.04. The highest BCUT2D eigenvalue weighted by Crippen LogP contribution is 2.39. The summed E-state index contributed by atoms with van der Waals surface area (Å²) in [7, 11) is 0. The molecule has 0 atom stereocenters. The van der Waals surface area contributed by atoms with Crippen LogP contribution in [0.5, 0.6) is 23.0 Å². The smallest absolute Gasteiger partial charge is 0.453 e. The van der Waals surface area contributed by atoms with Crippen LogP contribution in [-0.4, -0.2) is 19.1 Å². The Morgan fingerprint density at radius 3 is 2.38 bits per heavy atom. The number of carbonyl (C=O) groups is 1. The van der Waals surface area contributed by atoms with Crippen LogP contribution < -0.4 is 25.0 Å². The molecular formula is C26H19ClF3NO6. The second-order valence-electron chi connectivity index (χ2n) is 7.57. The predicted molar refractivity (Wildman–Crippen MR) is 131 cm³/mol. The van der Waals surface area contributed by atoms with E-state index >= 15 is 0 Å². The third-order valence-corrected chi connectivity index (χ3v) is 5.26. The molecule has 0 aliphatic rings. The van der Waals surface area contributed by atoms with E-state index in [1.807, 2.05) is 6.92 Å². The molecule has 0 spiro atoms. The first-order valence-electron chi connectivity index (χ1n) is 10.9. The van der Waals surface area contributed by atoms with E-state index in [-0.39, 0.29) is 21.9 Å². The van der Waals surface area contributed by atoms with Crippen molar-refractivity contribution in [2.75, 3.05) is 18.5 Å². The summed E-state index contributed by atoms with van der Waals surface area (Å²) in [5.41, 5.74) is -0.941. The van der Waals surface area contributed by atoms with E-state index in [0.717, 1.165) is 6.07 Å². The third-order valence-electron chi connectivity index (χ3n) is 4.95. The average molecular weight is 534 g/mol. The fraction of sp³-hybridized carbons (Fsp3) is 0.154. The van der Waals surface area contributed by atoms with E-state index in [1.54, 1.807) is 30.3 Å². The minimum Gasteiger partial charge on any atom is -0.494 e. The van der Waals surface area contributed by atoms with Crippen LogP contribution in [0.15, 0.2) is 75.9 Å². The number of carbonyl (C=O) groups excluding carboxylic acids is 1. The van der Waals surface area contributed by atoms with E-state index in [9.17, 15) is 22.8 Å². The van der Waals surface area contributed by atoms with Crippen molar-refractivity contribution in [1.29, 1.82) is 0 Å². The first kappa shape index (κ1) is 25.9. The largest absolute Gasteiger partial charge is 0.494 e. The molecule has 4 aromatic rings. The zero-order valence-electron chi connectivity index (χ0n) is 19.2. The lowest BCUT2D eigenvalue weighted by atomic mass is 10.2. The predicted octanol–water partition coefficient (Wildman–Crippen LogP) is 6.67. The molecule has 0 bridgehead atoms. The molecule has 11 heteroatoms. The van der Waals surface area contributed by atoms with Crippen LogP contribution in [0, 0.1) is 0 Å². The van der Waals surface area contributed by atoms with Gasteiger partial charge in [-0.1, -0.05) is 23.7 Å². The number of hydrogen-bond acceptors (Lipinski definition) is 6. The number of benzene rings is 3. The maximum Gasteiger partial charge on any atom is 0.453 e. The van der Waals surface area contributed by atoms with Crippen LogP contribution in [0.2, 0.25) is 5.02 Å². The number of alkyl halides is 3. The molecule has 4 rings (SSSR count). The lowest BCUT2D eigenvalue weighted by Crippen LogP contribution is -2.20. The minimum absolute atomic E-state index is 0.0161. The zero-order chi connectivity index (χ0) is 26.6. The summed E-state index contributed by atoms with van der Waals surface area (Å²) in [6, 6.07) is 16.1. The second kappa shape index (κ2) is 10.8. The van der Waals surface area contributed by atoms with Crippen molar-refractivity contribution in [2.24, 2.45) is 0 Å². The Balaban J connectivity index is 1.55. The summed E-state index contributed by atoms with van der Waals surface area (Å²) in [5, 5.41) is 2.46. The van der Waals surface area contributed by atoms with Crippen LogP contribution >= 0.6 is 11.6 Å². The molecule has 0 aliphatic heterocycles. The van der Waals surface area contributed by atoms with Crippen molar-refractivity contribution in [2.45, 2.75) is 13.1 Å². The van der Waals surface area contributed by atoms with Crippen molar-refractivity contribution in [3.8, 4) is 23.0 Å². The number of amides is 1. The molecule has 0 aliphatic carbocycles. The van der Waals surface area contributed by atoms with Crippen LogP contribution in [0.25, 0.3) is 11.0 Å². The Morgan fingerprint density at radius 1 is 1.00 bits per heavy atom. The molecule has 7 nitrogen and oxygen atoms in total. The third kappa shape index (κ3) is 6.15. The van der Waals surface area contributed by atoms with Gasteiger partial charge in [-0.15, -0.1) is 0 Å². The topological polar surface area (TPSA) is 87.0 Å². The summed E-state index contributed by atoms with van der Waals surface area (Å²) in [5.74, 6) is -2.66. The summed E-state index contributed by atoms with van der Waals surface area (Å²) >= 11 is 5.97. The molecule has 3 aromatic carbocycles. The molecule has 0 fully saturated rings. The van der Waals surface area contributed by atoms with Gasteiger partial charge in [0.25, 0.3) is 11.7 Å². The van der Waals surface area contributed by atoms with Gasteiger partial charge in [0.15, 0.2) is 6.61 Å². The van der Waals surface area contributed by atoms with Crippen LogP contribution in [-0.2, 0) is 11.0 Å². The van der Waals surface area contributed by atoms with Crippen molar-refractivity contribution in [3.63, 3.8) is 0 Å². The van der Waals surface area contributed by atoms with Crippen molar-refractivity contribution >= 4 is 34.2 Å². The minimum atomic E-state index is -5.04. The molecule has 1 heterocycles. The molecule has 192 valence electrons. The van der Waals surface area contributed by atoms with E-state index in [1.165, 1.54) is 30.3 Å². The number of anilines is 1. The maximum absolute atomic E-state index is 13.8. The Labute approximate surface area is 213 Å². The summed E-state index contributed by atoms with van der Waals surface area (Å²) in [4.78, 5) is 25.1. The normalized spacial score (nSPS) is 11.3. The van der Waals surface area contributed by atoms with Gasteiger partial charge in [0.1, 0.15) is 22.8 Å². The van der Waals surface area contributed by atoms with Gasteiger partial charge in [-0.3, -0.25) is 9.59 Å². The lowest BCUT2D eigenvalue weighted by Gasteiger charge is -2.14. The first-order valence-corrected chi connectivity index (χ1v) is 11.3. The highest BCUT2D eigenvalue weighted by atomic mass is 35.5. The Kier molecular flexibility index (Phi) is 7.58. The monoisotopic (exact) mass is 533 g/mol. The van der Waals surface area contributed by atoms with Crippen molar-refractivity contribution in [1.82, 2.24) is 0 Å². The Hall–Kier alpha value is -4.18. The van der Waals surface area contributed by atoms with E-state index < -0.39 is 41.2 Å². The van der Waals surface area contributed by atoms with Gasteiger partial charge in [0, 0.05) is 11.8 Å². The standard InChI is InChI=1S/C26H19ClF3NO6/c1-2-34-16-9-7-15(8-10-16)31-22(32)14-35-17-11-12-18-21(13-17)37-25(26(28,29)30)24(23(18)33)36-20-6-4-3-5-19(20)27/h3-13H,2,14H2,1H3,(H,31,32). The number of fused-ring (bicyclic) bond motifs is 1. The number of halogens is 4. The van der Waals surface area contributed by atoms with Crippen molar-refractivity contribution in [3.05, 3.63) is 87.7 Å². The van der Waals surface area contributed by atoms with Gasteiger partial charge < -0.3 is 23.9 Å². The number of rotatable bonds is 8. The molecule has 1 aromatic heterocycles. The summed E-state index contributed by atoms with van der Waals surface area (Å²) in [6.45, 7) is 1.91. The van der Waals surface area contributed by atoms with Crippen LogP contribution in [0.3, 0.4) is 0 Å². The van der Waals surface area contributed by atoms with E-state index in [4.69, 9.17) is 30.2 Å². The van der Waals surface area contributed by atoms with Crippen LogP contribution in [0.4, 0.5) is 18.9 Å². The van der Waals surface area contributed by atoms with Gasteiger partial charge in [-0.25, -0.2) is 0 Å². The van der Waals surface area contributed by atoms with Gasteiger partial charge in [0.2, 0.25) is 11.2 Å². The van der Waals surface area contributed by atoms with Gasteiger partial charge in [-0.2, -0.15) is 13.2 Å². The molecule has 0 unspecified atom stereocenters. The zero-order valence-corrected chi connectivity index (χ0v) is 20.0. The van der Waals surface area contributed by atoms with Gasteiger partial charge in [0.05, 0.1) is 17.0 Å². The average Bonchev–Trinajstić information content (AvgIpc) is 2.86. The number of nitrogens with one attached hydrogen (secondary N) is 1. The number of hydrogen-bond donors (Lipinski definition) is 1. The molecule has 1 amide bonds. The summed E-state index contributed by atoms with van der Waals surface area (Å²) < 4.78 is 62.3. The molecule has 1 N–H and O–H groups in total.